The molecule has 1 aliphatic rings. The van der Waals surface area contributed by atoms with Gasteiger partial charge in [-0.05, 0) is 42.0 Å². The Hall–Kier alpha value is -3.28. The lowest BCUT2D eigenvalue weighted by Crippen LogP contribution is -2.38. The Morgan fingerprint density at radius 3 is 2.27 bits per heavy atom. The molecule has 0 amide bonds. The Morgan fingerprint density at radius 2 is 1.58 bits per heavy atom. The van der Waals surface area contributed by atoms with Crippen molar-refractivity contribution in [2.45, 2.75) is 17.2 Å². The standard InChI is InChI=1S/C21H14F6N2O3S/c22-20(23,24)15-2-1-3-17(10-15)33(30,31)29-6-7-32-19-5-4-13(9-18(19)29)14-8-16(12-28-11-14)21(25,26)27/h1-5,8-12H,6-7H2. The molecule has 5 nitrogen and oxygen atoms in total. The van der Waals surface area contributed by atoms with E-state index in [1.54, 1.807) is 0 Å². The molecule has 2 aromatic carbocycles. The van der Waals surface area contributed by atoms with Gasteiger partial charge in [0.05, 0.1) is 28.3 Å². The molecule has 0 N–H and O–H groups in total. The fourth-order valence-electron chi connectivity index (χ4n) is 3.34. The van der Waals surface area contributed by atoms with Crippen molar-refractivity contribution in [2.24, 2.45) is 0 Å². The number of aromatic nitrogens is 1. The minimum atomic E-state index is -4.74. The number of benzene rings is 2. The summed E-state index contributed by atoms with van der Waals surface area (Å²) >= 11 is 0. The van der Waals surface area contributed by atoms with Crippen LogP contribution < -0.4 is 9.04 Å². The molecule has 12 heteroatoms. The largest absolute Gasteiger partial charge is 0.489 e. The molecular weight excluding hydrogens is 474 g/mol. The number of rotatable bonds is 3. The van der Waals surface area contributed by atoms with E-state index in [0.29, 0.717) is 12.3 Å². The summed E-state index contributed by atoms with van der Waals surface area (Å²) in [5.41, 5.74) is -1.81. The predicted octanol–water partition coefficient (Wildman–Crippen LogP) is 5.37. The molecule has 0 fully saturated rings. The fourth-order valence-corrected chi connectivity index (χ4v) is 4.83. The van der Waals surface area contributed by atoms with E-state index < -0.39 is 38.4 Å². The molecule has 0 bridgehead atoms. The highest BCUT2D eigenvalue weighted by molar-refractivity contribution is 7.92. The normalized spacial score (nSPS) is 14.5. The number of hydrogen-bond acceptors (Lipinski definition) is 4. The predicted molar refractivity (Wildman–Crippen MR) is 106 cm³/mol. The van der Waals surface area contributed by atoms with Gasteiger partial charge in [0.2, 0.25) is 0 Å². The first-order chi connectivity index (χ1) is 15.4. The number of anilines is 1. The molecule has 2 heterocycles. The summed E-state index contributed by atoms with van der Waals surface area (Å²) in [4.78, 5) is 3.03. The van der Waals surface area contributed by atoms with Crippen molar-refractivity contribution in [3.05, 3.63) is 72.1 Å². The van der Waals surface area contributed by atoms with Crippen LogP contribution in [0.3, 0.4) is 0 Å². The topological polar surface area (TPSA) is 59.5 Å². The van der Waals surface area contributed by atoms with Crippen molar-refractivity contribution in [3.8, 4) is 16.9 Å². The van der Waals surface area contributed by atoms with Crippen LogP contribution in [0, 0.1) is 0 Å². The van der Waals surface area contributed by atoms with Crippen molar-refractivity contribution < 1.29 is 39.5 Å². The van der Waals surface area contributed by atoms with E-state index in [-0.39, 0.29) is 35.7 Å². The molecule has 0 aliphatic carbocycles. The monoisotopic (exact) mass is 488 g/mol. The average Bonchev–Trinajstić information content (AvgIpc) is 2.77. The number of sulfonamides is 1. The van der Waals surface area contributed by atoms with E-state index >= 15 is 0 Å². The Bertz CT molecular complexity index is 1310. The van der Waals surface area contributed by atoms with E-state index in [1.165, 1.54) is 24.4 Å². The van der Waals surface area contributed by atoms with Gasteiger partial charge in [0.25, 0.3) is 10.0 Å². The van der Waals surface area contributed by atoms with Gasteiger partial charge in [-0.1, -0.05) is 12.1 Å². The van der Waals surface area contributed by atoms with Gasteiger partial charge in [-0.15, -0.1) is 0 Å². The Morgan fingerprint density at radius 1 is 0.848 bits per heavy atom. The second kappa shape index (κ2) is 7.94. The number of pyridine rings is 1. The summed E-state index contributed by atoms with van der Waals surface area (Å²) in [5.74, 6) is 0.125. The Kier molecular flexibility index (Phi) is 5.51. The minimum Gasteiger partial charge on any atom is -0.489 e. The van der Waals surface area contributed by atoms with Crippen molar-refractivity contribution in [1.82, 2.24) is 4.98 Å². The number of nitrogens with zero attached hydrogens (tertiary/aromatic N) is 2. The maximum absolute atomic E-state index is 13.2. The number of hydrogen-bond donors (Lipinski definition) is 0. The zero-order valence-electron chi connectivity index (χ0n) is 16.5. The second-order valence-corrected chi connectivity index (χ2v) is 8.96. The molecule has 4 rings (SSSR count). The maximum atomic E-state index is 13.2. The summed E-state index contributed by atoms with van der Waals surface area (Å²) in [6.07, 6.45) is -7.51. The van der Waals surface area contributed by atoms with E-state index in [1.807, 2.05) is 0 Å². The first-order valence-electron chi connectivity index (χ1n) is 9.37. The first-order valence-corrected chi connectivity index (χ1v) is 10.8. The number of fused-ring (bicyclic) bond motifs is 1. The van der Waals surface area contributed by atoms with Crippen LogP contribution in [0.2, 0.25) is 0 Å². The van der Waals surface area contributed by atoms with Crippen LogP contribution in [0.1, 0.15) is 11.1 Å². The number of halogens is 6. The molecule has 0 radical (unpaired) electrons. The van der Waals surface area contributed by atoms with Gasteiger partial charge in [0.15, 0.2) is 0 Å². The van der Waals surface area contributed by atoms with Gasteiger partial charge >= 0.3 is 12.4 Å². The van der Waals surface area contributed by atoms with E-state index in [2.05, 4.69) is 4.98 Å². The molecule has 3 aromatic rings. The summed E-state index contributed by atoms with van der Waals surface area (Å²) in [7, 11) is -4.43. The lowest BCUT2D eigenvalue weighted by Gasteiger charge is -2.31. The van der Waals surface area contributed by atoms with Crippen molar-refractivity contribution >= 4 is 15.7 Å². The van der Waals surface area contributed by atoms with E-state index in [9.17, 15) is 34.8 Å². The van der Waals surface area contributed by atoms with Gasteiger partial charge in [-0.3, -0.25) is 9.29 Å². The molecule has 0 saturated heterocycles. The first kappa shape index (κ1) is 22.9. The van der Waals surface area contributed by atoms with E-state index in [4.69, 9.17) is 4.74 Å². The van der Waals surface area contributed by atoms with Gasteiger partial charge in [-0.2, -0.15) is 26.3 Å². The zero-order valence-corrected chi connectivity index (χ0v) is 17.3. The average molecular weight is 488 g/mol. The lowest BCUT2D eigenvalue weighted by molar-refractivity contribution is -0.138. The van der Waals surface area contributed by atoms with Crippen LogP contribution in [0.5, 0.6) is 5.75 Å². The highest BCUT2D eigenvalue weighted by Crippen LogP contribution is 2.40. The van der Waals surface area contributed by atoms with Gasteiger partial charge in [0, 0.05) is 18.0 Å². The second-order valence-electron chi connectivity index (χ2n) is 7.09. The van der Waals surface area contributed by atoms with Crippen LogP contribution >= 0.6 is 0 Å². The Balaban J connectivity index is 1.78. The Labute approximate surface area is 184 Å². The highest BCUT2D eigenvalue weighted by Gasteiger charge is 2.35. The molecule has 0 atom stereocenters. The molecular formula is C21H14F6N2O3S. The quantitative estimate of drug-likeness (QED) is 0.465. The smallest absolute Gasteiger partial charge is 0.417 e. The van der Waals surface area contributed by atoms with Crippen LogP contribution in [-0.4, -0.2) is 26.6 Å². The molecule has 1 aliphatic heterocycles. The van der Waals surface area contributed by atoms with E-state index in [0.717, 1.165) is 28.6 Å². The molecule has 33 heavy (non-hydrogen) atoms. The van der Waals surface area contributed by atoms with Crippen molar-refractivity contribution in [3.63, 3.8) is 0 Å². The summed E-state index contributed by atoms with van der Waals surface area (Å²) in [5, 5.41) is 0. The van der Waals surface area contributed by atoms with Gasteiger partial charge < -0.3 is 4.74 Å². The summed E-state index contributed by atoms with van der Waals surface area (Å²) in [6, 6.07) is 8.31. The highest BCUT2D eigenvalue weighted by atomic mass is 32.2. The SMILES string of the molecule is O=S(=O)(c1cccc(C(F)(F)F)c1)N1CCOc2ccc(-c3cncc(C(F)(F)F)c3)cc21. The van der Waals surface area contributed by atoms with Crippen molar-refractivity contribution in [1.29, 1.82) is 0 Å². The van der Waals surface area contributed by atoms with Crippen LogP contribution in [0.15, 0.2) is 65.8 Å². The van der Waals surface area contributed by atoms with Gasteiger partial charge in [0.1, 0.15) is 12.4 Å². The molecule has 0 spiro atoms. The third-order valence-electron chi connectivity index (χ3n) is 4.93. The molecule has 0 saturated carbocycles. The third kappa shape index (κ3) is 4.47. The third-order valence-corrected chi connectivity index (χ3v) is 6.74. The molecule has 174 valence electrons. The van der Waals surface area contributed by atoms with Gasteiger partial charge in [-0.25, -0.2) is 8.42 Å². The fraction of sp³-hybridized carbons (Fsp3) is 0.190. The maximum Gasteiger partial charge on any atom is 0.417 e. The van der Waals surface area contributed by atoms with Crippen LogP contribution in [0.4, 0.5) is 32.0 Å². The number of ether oxygens (including phenoxy) is 1. The molecule has 0 unspecified atom stereocenters. The minimum absolute atomic E-state index is 0.00595. The van der Waals surface area contributed by atoms with Crippen LogP contribution in [0.25, 0.3) is 11.1 Å². The zero-order chi connectivity index (χ0) is 24.0. The number of alkyl halides is 6. The summed E-state index contributed by atoms with van der Waals surface area (Å²) in [6.45, 7) is -0.258. The van der Waals surface area contributed by atoms with Crippen molar-refractivity contribution in [2.75, 3.05) is 17.5 Å². The van der Waals surface area contributed by atoms with Crippen LogP contribution in [-0.2, 0) is 22.4 Å². The summed E-state index contributed by atoms with van der Waals surface area (Å²) < 4.78 is 111. The molecule has 1 aromatic heterocycles. The lowest BCUT2D eigenvalue weighted by atomic mass is 10.0.